The number of benzene rings is 1. The Labute approximate surface area is 166 Å². The number of anilines is 1. The number of aromatic nitrogens is 6. The first-order valence-corrected chi connectivity index (χ1v) is 9.46. The van der Waals surface area contributed by atoms with Crippen molar-refractivity contribution in [3.8, 4) is 0 Å². The number of carbonyl (C=O) groups is 1. The highest BCUT2D eigenvalue weighted by Gasteiger charge is 2.29. The number of hydrogen-bond acceptors (Lipinski definition) is 7. The van der Waals surface area contributed by atoms with Crippen LogP contribution in [0, 0.1) is 0 Å². The number of hydrogen-bond donors (Lipinski definition) is 0. The van der Waals surface area contributed by atoms with Crippen LogP contribution in [-0.2, 0) is 6.54 Å². The summed E-state index contributed by atoms with van der Waals surface area (Å²) in [5.74, 6) is -0.236. The first-order chi connectivity index (χ1) is 13.7. The molecule has 9 nitrogen and oxygen atoms in total. The Morgan fingerprint density at radius 2 is 1.82 bits per heavy atom. The quantitative estimate of drug-likeness (QED) is 0.650. The molecule has 1 aliphatic heterocycles. The van der Waals surface area contributed by atoms with E-state index < -0.39 is 0 Å². The Hall–Kier alpha value is -2.91. The van der Waals surface area contributed by atoms with Gasteiger partial charge in [-0.2, -0.15) is 0 Å². The van der Waals surface area contributed by atoms with Gasteiger partial charge < -0.3 is 0 Å². The standard InChI is InChI=1S/C18H19ClN8O/c19-14-4-6-15(7-5-14)27(26-10-2-1-3-11-26)18(28)17-16(20-8-9-21-17)12-25-13-22-23-24-25/h4-9,13H,1-3,10-12H2. The van der Waals surface area contributed by atoms with E-state index in [0.29, 0.717) is 10.7 Å². The lowest BCUT2D eigenvalue weighted by Gasteiger charge is -2.37. The van der Waals surface area contributed by atoms with Crippen LogP contribution in [0.15, 0.2) is 43.0 Å². The van der Waals surface area contributed by atoms with E-state index in [2.05, 4.69) is 30.5 Å². The van der Waals surface area contributed by atoms with Gasteiger partial charge in [0.05, 0.1) is 17.9 Å². The molecule has 4 rings (SSSR count). The molecular formula is C18H19ClN8O. The predicted molar refractivity (Wildman–Crippen MR) is 103 cm³/mol. The molecule has 1 saturated heterocycles. The number of tetrazole rings is 1. The number of carbonyl (C=O) groups excluding carboxylic acids is 1. The molecule has 0 bridgehead atoms. The van der Waals surface area contributed by atoms with E-state index in [4.69, 9.17) is 11.6 Å². The van der Waals surface area contributed by atoms with Crippen LogP contribution in [0.25, 0.3) is 0 Å². The molecule has 2 aromatic heterocycles. The highest BCUT2D eigenvalue weighted by Crippen LogP contribution is 2.24. The summed E-state index contributed by atoms with van der Waals surface area (Å²) in [5.41, 5.74) is 1.53. The largest absolute Gasteiger partial charge is 0.293 e. The molecular weight excluding hydrogens is 380 g/mol. The normalized spacial score (nSPS) is 14.8. The van der Waals surface area contributed by atoms with Crippen LogP contribution in [0.1, 0.15) is 35.4 Å². The first kappa shape index (κ1) is 18.5. The average Bonchev–Trinajstić information content (AvgIpc) is 3.24. The summed E-state index contributed by atoms with van der Waals surface area (Å²) >= 11 is 6.04. The number of nitrogens with zero attached hydrogens (tertiary/aromatic N) is 8. The first-order valence-electron chi connectivity index (χ1n) is 9.08. The van der Waals surface area contributed by atoms with Crippen molar-refractivity contribution in [1.29, 1.82) is 0 Å². The van der Waals surface area contributed by atoms with Gasteiger partial charge in [0, 0.05) is 30.5 Å². The number of hydrazine groups is 1. The van der Waals surface area contributed by atoms with Crippen LogP contribution < -0.4 is 5.01 Å². The predicted octanol–water partition coefficient (Wildman–Crippen LogP) is 2.21. The maximum atomic E-state index is 13.6. The van der Waals surface area contributed by atoms with Gasteiger partial charge in [-0.05, 0) is 47.5 Å². The maximum absolute atomic E-state index is 13.6. The zero-order chi connectivity index (χ0) is 19.3. The van der Waals surface area contributed by atoms with Gasteiger partial charge >= 0.3 is 0 Å². The van der Waals surface area contributed by atoms with Crippen LogP contribution in [0.2, 0.25) is 5.02 Å². The molecule has 3 heterocycles. The Morgan fingerprint density at radius 3 is 2.54 bits per heavy atom. The highest BCUT2D eigenvalue weighted by molar-refractivity contribution is 6.30. The highest BCUT2D eigenvalue weighted by atomic mass is 35.5. The summed E-state index contributed by atoms with van der Waals surface area (Å²) in [5, 5.41) is 15.5. The Morgan fingerprint density at radius 1 is 1.07 bits per heavy atom. The third-order valence-electron chi connectivity index (χ3n) is 4.56. The molecule has 0 radical (unpaired) electrons. The second-order valence-electron chi connectivity index (χ2n) is 6.47. The van der Waals surface area contributed by atoms with Crippen LogP contribution in [0.3, 0.4) is 0 Å². The Kier molecular flexibility index (Phi) is 5.54. The van der Waals surface area contributed by atoms with Crippen molar-refractivity contribution in [2.45, 2.75) is 25.8 Å². The third kappa shape index (κ3) is 4.00. The molecule has 144 valence electrons. The van der Waals surface area contributed by atoms with Gasteiger partial charge in [-0.3, -0.25) is 9.78 Å². The third-order valence-corrected chi connectivity index (χ3v) is 4.81. The summed E-state index contributed by atoms with van der Waals surface area (Å²) in [6.07, 6.45) is 7.79. The fourth-order valence-electron chi connectivity index (χ4n) is 3.24. The Balaban J connectivity index is 1.70. The van der Waals surface area contributed by atoms with E-state index in [0.717, 1.165) is 38.0 Å². The van der Waals surface area contributed by atoms with Gasteiger partial charge in [-0.15, -0.1) is 5.10 Å². The summed E-state index contributed by atoms with van der Waals surface area (Å²) in [6, 6.07) is 7.23. The van der Waals surface area contributed by atoms with Crippen molar-refractivity contribution in [2.75, 3.05) is 18.1 Å². The molecule has 28 heavy (non-hydrogen) atoms. The molecule has 1 aliphatic rings. The van der Waals surface area contributed by atoms with Crippen LogP contribution in [0.4, 0.5) is 5.69 Å². The molecule has 10 heteroatoms. The molecule has 1 amide bonds. The topological polar surface area (TPSA) is 92.9 Å². The van der Waals surface area contributed by atoms with Gasteiger partial charge in [0.15, 0.2) is 5.69 Å². The fraction of sp³-hybridized carbons (Fsp3) is 0.333. The minimum absolute atomic E-state index is 0.236. The van der Waals surface area contributed by atoms with E-state index >= 15 is 0 Å². The van der Waals surface area contributed by atoms with E-state index in [-0.39, 0.29) is 18.1 Å². The SMILES string of the molecule is O=C(c1nccnc1Cn1cnnn1)N(c1ccc(Cl)cc1)N1CCCCC1. The van der Waals surface area contributed by atoms with Gasteiger partial charge in [0.2, 0.25) is 0 Å². The van der Waals surface area contributed by atoms with Crippen molar-refractivity contribution in [3.63, 3.8) is 0 Å². The van der Waals surface area contributed by atoms with Crippen molar-refractivity contribution in [1.82, 2.24) is 35.2 Å². The zero-order valence-corrected chi connectivity index (χ0v) is 15.9. The minimum atomic E-state index is -0.236. The number of amides is 1. The fourth-order valence-corrected chi connectivity index (χ4v) is 3.36. The zero-order valence-electron chi connectivity index (χ0n) is 15.1. The lowest BCUT2D eigenvalue weighted by Crippen LogP contribution is -2.49. The monoisotopic (exact) mass is 398 g/mol. The smallest absolute Gasteiger partial charge is 0.265 e. The molecule has 1 fully saturated rings. The second kappa shape index (κ2) is 8.41. The van der Waals surface area contributed by atoms with Crippen LogP contribution in [0.5, 0.6) is 0 Å². The van der Waals surface area contributed by atoms with Crippen molar-refractivity contribution >= 4 is 23.2 Å². The van der Waals surface area contributed by atoms with E-state index in [1.54, 1.807) is 23.3 Å². The van der Waals surface area contributed by atoms with Gasteiger partial charge in [-0.1, -0.05) is 18.0 Å². The molecule has 3 aromatic rings. The molecule has 0 unspecified atom stereocenters. The van der Waals surface area contributed by atoms with Gasteiger partial charge in [0.1, 0.15) is 6.33 Å². The molecule has 1 aromatic carbocycles. The van der Waals surface area contributed by atoms with Crippen molar-refractivity contribution < 1.29 is 4.79 Å². The molecule has 0 spiro atoms. The average molecular weight is 399 g/mol. The lowest BCUT2D eigenvalue weighted by atomic mass is 10.1. The summed E-state index contributed by atoms with van der Waals surface area (Å²) in [7, 11) is 0. The van der Waals surface area contributed by atoms with E-state index in [1.807, 2.05) is 12.1 Å². The van der Waals surface area contributed by atoms with Crippen molar-refractivity contribution in [2.24, 2.45) is 0 Å². The minimum Gasteiger partial charge on any atom is -0.265 e. The molecule has 0 atom stereocenters. The molecule has 0 N–H and O–H groups in total. The number of rotatable bonds is 5. The van der Waals surface area contributed by atoms with Gasteiger partial charge in [0.25, 0.3) is 5.91 Å². The van der Waals surface area contributed by atoms with Crippen molar-refractivity contribution in [3.05, 3.63) is 59.4 Å². The van der Waals surface area contributed by atoms with E-state index in [1.165, 1.54) is 17.2 Å². The second-order valence-corrected chi connectivity index (χ2v) is 6.90. The number of piperidine rings is 1. The van der Waals surface area contributed by atoms with Crippen LogP contribution >= 0.6 is 11.6 Å². The van der Waals surface area contributed by atoms with E-state index in [9.17, 15) is 4.79 Å². The van der Waals surface area contributed by atoms with Crippen LogP contribution in [-0.4, -0.2) is 54.2 Å². The summed E-state index contributed by atoms with van der Waals surface area (Å²) < 4.78 is 1.51. The van der Waals surface area contributed by atoms with Gasteiger partial charge in [-0.25, -0.2) is 19.7 Å². The summed E-state index contributed by atoms with van der Waals surface area (Å²) in [6.45, 7) is 1.87. The summed E-state index contributed by atoms with van der Waals surface area (Å²) in [4.78, 5) is 22.2. The number of halogens is 1. The Bertz CT molecular complexity index is 925. The maximum Gasteiger partial charge on any atom is 0.293 e. The molecule has 0 aliphatic carbocycles. The lowest BCUT2D eigenvalue weighted by molar-refractivity contribution is 0.0866. The molecule has 0 saturated carbocycles.